The Labute approximate surface area is 115 Å². The molecular formula is C15H15N3O2. The number of nitrogens with two attached hydrogens (primary N) is 1. The molecule has 0 spiro atoms. The Morgan fingerprint density at radius 2 is 1.95 bits per heavy atom. The number of aryl methyl sites for hydroxylation is 1. The van der Waals surface area contributed by atoms with Crippen molar-refractivity contribution in [2.24, 2.45) is 7.05 Å². The molecule has 102 valence electrons. The molecule has 3 N–H and O–H groups in total. The molecule has 0 saturated carbocycles. The maximum atomic E-state index is 11.4. The maximum Gasteiger partial charge on any atom is 0.419 e. The van der Waals surface area contributed by atoms with Crippen LogP contribution in [0.5, 0.6) is 0 Å². The van der Waals surface area contributed by atoms with Gasteiger partial charge in [-0.1, -0.05) is 12.1 Å². The van der Waals surface area contributed by atoms with Crippen LogP contribution >= 0.6 is 0 Å². The number of nitrogens with one attached hydrogen (secondary N) is 1. The Kier molecular flexibility index (Phi) is 2.95. The Morgan fingerprint density at radius 1 is 1.20 bits per heavy atom. The molecule has 5 nitrogen and oxygen atoms in total. The Balaban J connectivity index is 1.81. The van der Waals surface area contributed by atoms with Crippen LogP contribution < -0.4 is 16.8 Å². The summed E-state index contributed by atoms with van der Waals surface area (Å²) < 4.78 is 6.64. The largest absolute Gasteiger partial charge is 0.419 e. The first-order valence-corrected chi connectivity index (χ1v) is 6.31. The molecule has 2 aromatic carbocycles. The van der Waals surface area contributed by atoms with Crippen molar-refractivity contribution in [1.82, 2.24) is 4.57 Å². The Bertz CT molecular complexity index is 800. The van der Waals surface area contributed by atoms with Crippen LogP contribution in [0.2, 0.25) is 0 Å². The number of benzene rings is 2. The van der Waals surface area contributed by atoms with Crippen LogP contribution in [0.1, 0.15) is 5.56 Å². The molecule has 0 atom stereocenters. The molecule has 0 radical (unpaired) electrons. The highest BCUT2D eigenvalue weighted by atomic mass is 16.4. The minimum Gasteiger partial charge on any atom is -0.408 e. The van der Waals surface area contributed by atoms with E-state index in [4.69, 9.17) is 10.2 Å². The predicted octanol–water partition coefficient (Wildman–Crippen LogP) is 2.33. The summed E-state index contributed by atoms with van der Waals surface area (Å²) >= 11 is 0. The van der Waals surface area contributed by atoms with E-state index in [1.54, 1.807) is 7.05 Å². The van der Waals surface area contributed by atoms with Gasteiger partial charge in [0.1, 0.15) is 0 Å². The van der Waals surface area contributed by atoms with Crippen LogP contribution in [-0.2, 0) is 13.6 Å². The second-order valence-corrected chi connectivity index (χ2v) is 4.70. The first-order chi connectivity index (χ1) is 9.63. The molecule has 0 aliphatic carbocycles. The molecular weight excluding hydrogens is 254 g/mol. The molecule has 3 aromatic rings. The van der Waals surface area contributed by atoms with E-state index in [0.717, 1.165) is 22.5 Å². The summed E-state index contributed by atoms with van der Waals surface area (Å²) in [7, 11) is 1.69. The van der Waals surface area contributed by atoms with Crippen molar-refractivity contribution in [3.8, 4) is 0 Å². The first-order valence-electron chi connectivity index (χ1n) is 6.31. The fraction of sp³-hybridized carbons (Fsp3) is 0.133. The second kappa shape index (κ2) is 4.77. The SMILES string of the molecule is Cn1c(=O)oc2cc(NCc3ccc(N)cc3)ccc21. The van der Waals surface area contributed by atoms with Crippen LogP contribution in [0.15, 0.2) is 51.7 Å². The Morgan fingerprint density at radius 3 is 2.70 bits per heavy atom. The minimum absolute atomic E-state index is 0.351. The van der Waals surface area contributed by atoms with Gasteiger partial charge in [0, 0.05) is 31.0 Å². The average Bonchev–Trinajstić information content (AvgIpc) is 2.73. The van der Waals surface area contributed by atoms with Crippen LogP contribution in [0.4, 0.5) is 11.4 Å². The lowest BCUT2D eigenvalue weighted by Crippen LogP contribution is -2.08. The standard InChI is InChI=1S/C15H15N3O2/c1-18-13-7-6-12(8-14(13)20-15(18)19)17-9-10-2-4-11(16)5-3-10/h2-8,17H,9,16H2,1H3. The molecule has 0 saturated heterocycles. The van der Waals surface area contributed by atoms with Gasteiger partial charge >= 0.3 is 5.76 Å². The lowest BCUT2D eigenvalue weighted by molar-refractivity contribution is 0.528. The molecule has 1 aromatic heterocycles. The number of oxazole rings is 1. The van der Waals surface area contributed by atoms with Crippen LogP contribution in [0.3, 0.4) is 0 Å². The molecule has 0 unspecified atom stereocenters. The fourth-order valence-electron chi connectivity index (χ4n) is 2.08. The smallest absolute Gasteiger partial charge is 0.408 e. The van der Waals surface area contributed by atoms with Crippen LogP contribution in [0, 0.1) is 0 Å². The van der Waals surface area contributed by atoms with E-state index < -0.39 is 0 Å². The highest BCUT2D eigenvalue weighted by Crippen LogP contribution is 2.18. The number of nitrogen functional groups attached to an aromatic ring is 1. The highest BCUT2D eigenvalue weighted by molar-refractivity contribution is 5.77. The monoisotopic (exact) mass is 269 g/mol. The van der Waals surface area contributed by atoms with E-state index in [1.807, 2.05) is 42.5 Å². The molecule has 1 heterocycles. The second-order valence-electron chi connectivity index (χ2n) is 4.70. The van der Waals surface area contributed by atoms with E-state index in [9.17, 15) is 4.79 Å². The van der Waals surface area contributed by atoms with Gasteiger partial charge in [0.25, 0.3) is 0 Å². The number of hydrogen-bond acceptors (Lipinski definition) is 4. The van der Waals surface area contributed by atoms with Crippen molar-refractivity contribution in [2.45, 2.75) is 6.54 Å². The predicted molar refractivity (Wildman–Crippen MR) is 79.6 cm³/mol. The lowest BCUT2D eigenvalue weighted by Gasteiger charge is -2.06. The van der Waals surface area contributed by atoms with Gasteiger partial charge in [-0.25, -0.2) is 4.79 Å². The summed E-state index contributed by atoms with van der Waals surface area (Å²) in [6.07, 6.45) is 0. The van der Waals surface area contributed by atoms with Crippen molar-refractivity contribution in [1.29, 1.82) is 0 Å². The molecule has 0 aliphatic heterocycles. The quantitative estimate of drug-likeness (QED) is 0.716. The maximum absolute atomic E-state index is 11.4. The van der Waals surface area contributed by atoms with E-state index >= 15 is 0 Å². The van der Waals surface area contributed by atoms with Gasteiger partial charge in [-0.05, 0) is 29.8 Å². The van der Waals surface area contributed by atoms with Crippen molar-refractivity contribution in [3.05, 3.63) is 58.6 Å². The van der Waals surface area contributed by atoms with E-state index in [1.165, 1.54) is 4.57 Å². The summed E-state index contributed by atoms with van der Waals surface area (Å²) in [6.45, 7) is 0.683. The van der Waals surface area contributed by atoms with Gasteiger partial charge in [-0.15, -0.1) is 0 Å². The first kappa shape index (κ1) is 12.3. The third-order valence-corrected chi connectivity index (χ3v) is 3.27. The van der Waals surface area contributed by atoms with Gasteiger partial charge in [-0.2, -0.15) is 0 Å². The van der Waals surface area contributed by atoms with Gasteiger partial charge in [0.15, 0.2) is 5.58 Å². The van der Waals surface area contributed by atoms with Crippen molar-refractivity contribution in [2.75, 3.05) is 11.1 Å². The van der Waals surface area contributed by atoms with Crippen LogP contribution in [0.25, 0.3) is 11.1 Å². The number of nitrogens with zero attached hydrogens (tertiary/aromatic N) is 1. The molecule has 0 amide bonds. The van der Waals surface area contributed by atoms with Crippen LogP contribution in [-0.4, -0.2) is 4.57 Å². The third kappa shape index (κ3) is 2.25. The van der Waals surface area contributed by atoms with Gasteiger partial charge in [0.2, 0.25) is 0 Å². The number of hydrogen-bond donors (Lipinski definition) is 2. The third-order valence-electron chi connectivity index (χ3n) is 3.27. The fourth-order valence-corrected chi connectivity index (χ4v) is 2.08. The summed E-state index contributed by atoms with van der Waals surface area (Å²) in [5.41, 5.74) is 9.81. The normalized spacial score (nSPS) is 10.8. The molecule has 5 heteroatoms. The summed E-state index contributed by atoms with van der Waals surface area (Å²) in [5.74, 6) is -0.351. The number of rotatable bonds is 3. The van der Waals surface area contributed by atoms with Gasteiger partial charge in [0.05, 0.1) is 5.52 Å². The zero-order valence-electron chi connectivity index (χ0n) is 11.1. The summed E-state index contributed by atoms with van der Waals surface area (Å²) in [4.78, 5) is 11.4. The zero-order valence-corrected chi connectivity index (χ0v) is 11.1. The number of aromatic nitrogens is 1. The molecule has 0 fully saturated rings. The summed E-state index contributed by atoms with van der Waals surface area (Å²) in [6, 6.07) is 13.3. The molecule has 20 heavy (non-hydrogen) atoms. The van der Waals surface area contributed by atoms with E-state index in [2.05, 4.69) is 5.32 Å². The Hall–Kier alpha value is -2.69. The number of fused-ring (bicyclic) bond motifs is 1. The molecule has 3 rings (SSSR count). The summed E-state index contributed by atoms with van der Waals surface area (Å²) in [5, 5.41) is 3.29. The van der Waals surface area contributed by atoms with Crippen molar-refractivity contribution < 1.29 is 4.42 Å². The van der Waals surface area contributed by atoms with Gasteiger partial charge in [-0.3, -0.25) is 4.57 Å². The zero-order chi connectivity index (χ0) is 14.1. The topological polar surface area (TPSA) is 73.2 Å². The van der Waals surface area contributed by atoms with E-state index in [-0.39, 0.29) is 5.76 Å². The number of anilines is 2. The van der Waals surface area contributed by atoms with Gasteiger partial charge < -0.3 is 15.5 Å². The lowest BCUT2D eigenvalue weighted by atomic mass is 10.2. The molecule has 0 bridgehead atoms. The minimum atomic E-state index is -0.351. The van der Waals surface area contributed by atoms with E-state index in [0.29, 0.717) is 12.1 Å². The van der Waals surface area contributed by atoms with Crippen molar-refractivity contribution >= 4 is 22.5 Å². The van der Waals surface area contributed by atoms with Crippen molar-refractivity contribution in [3.63, 3.8) is 0 Å². The highest BCUT2D eigenvalue weighted by Gasteiger charge is 2.06. The average molecular weight is 269 g/mol. The molecule has 0 aliphatic rings.